The topological polar surface area (TPSA) is 349 Å². The molecule has 21 nitrogen and oxygen atoms in total. The smallest absolute Gasteiger partial charge is 0.239 e. The lowest BCUT2D eigenvalue weighted by atomic mass is 9.99. The largest absolute Gasteiger partial charge is 0.507 e. The van der Waals surface area contributed by atoms with Gasteiger partial charge in [0, 0.05) is 17.7 Å². The molecule has 2 aromatic carbocycles. The molecule has 14 atom stereocenters. The molecule has 3 aliphatic heterocycles. The second-order valence-corrected chi connectivity index (χ2v) is 12.6. The molecule has 0 bridgehead atoms. The van der Waals surface area contributed by atoms with Crippen molar-refractivity contribution in [3.8, 4) is 40.1 Å². The number of phenolic OH excluding ortho intramolecular Hbond substituents is 3. The van der Waals surface area contributed by atoms with Gasteiger partial charge in [-0.3, -0.25) is 4.79 Å². The summed E-state index contributed by atoms with van der Waals surface area (Å²) >= 11 is 0. The number of aromatic hydroxyl groups is 3. The molecule has 0 radical (unpaired) electrons. The van der Waals surface area contributed by atoms with E-state index in [1.807, 2.05) is 0 Å². The Morgan fingerprint density at radius 3 is 1.94 bits per heavy atom. The Balaban J connectivity index is 1.34. The Morgan fingerprint density at radius 1 is 0.660 bits per heavy atom. The first kappa shape index (κ1) is 38.8. The van der Waals surface area contributed by atoms with Gasteiger partial charge >= 0.3 is 0 Å². The quantitative estimate of drug-likeness (QED) is 0.0913. The first-order valence-electron chi connectivity index (χ1n) is 16.1. The third kappa shape index (κ3) is 7.45. The molecule has 0 aliphatic carbocycles. The van der Waals surface area contributed by atoms with E-state index in [1.54, 1.807) is 0 Å². The molecule has 0 unspecified atom stereocenters. The Morgan fingerprint density at radius 2 is 1.28 bits per heavy atom. The van der Waals surface area contributed by atoms with Crippen LogP contribution in [0, 0.1) is 0 Å². The zero-order valence-electron chi connectivity index (χ0n) is 27.2. The number of rotatable bonds is 9. The summed E-state index contributed by atoms with van der Waals surface area (Å²) in [4.78, 5) is 14.0. The van der Waals surface area contributed by atoms with E-state index < -0.39 is 151 Å². The number of benzene rings is 2. The van der Waals surface area contributed by atoms with Crippen LogP contribution in [0.2, 0.25) is 0 Å². The number of ether oxygens (including phenoxy) is 6. The van der Waals surface area contributed by atoms with Crippen LogP contribution < -0.4 is 14.9 Å². The van der Waals surface area contributed by atoms with Crippen LogP contribution in [0.25, 0.3) is 22.3 Å². The first-order chi connectivity index (χ1) is 25.1. The van der Waals surface area contributed by atoms with Crippen molar-refractivity contribution in [2.24, 2.45) is 0 Å². The van der Waals surface area contributed by atoms with E-state index in [1.165, 1.54) is 6.07 Å². The minimum Gasteiger partial charge on any atom is -0.507 e. The molecule has 21 heteroatoms. The van der Waals surface area contributed by atoms with Crippen LogP contribution in [0.5, 0.6) is 28.7 Å². The van der Waals surface area contributed by atoms with Gasteiger partial charge in [-0.1, -0.05) is 0 Å². The van der Waals surface area contributed by atoms with Crippen LogP contribution in [-0.2, 0) is 18.9 Å². The van der Waals surface area contributed by atoms with Gasteiger partial charge in [-0.2, -0.15) is 0 Å². The molecule has 6 rings (SSSR count). The summed E-state index contributed by atoms with van der Waals surface area (Å²) in [7, 11) is 0. The molecule has 4 heterocycles. The van der Waals surface area contributed by atoms with Crippen molar-refractivity contribution in [1.82, 2.24) is 0 Å². The maximum absolute atomic E-state index is 14.0. The number of hydrogen-bond donors (Lipinski definition) is 13. The molecule has 3 fully saturated rings. The van der Waals surface area contributed by atoms with Crippen LogP contribution in [0.1, 0.15) is 0 Å². The molecule has 1 aromatic heterocycles. The third-order valence-electron chi connectivity index (χ3n) is 9.03. The molecule has 3 aliphatic rings. The molecular formula is C32H38O21. The number of fused-ring (bicyclic) bond motifs is 1. The minimum absolute atomic E-state index is 0.121. The highest BCUT2D eigenvalue weighted by Crippen LogP contribution is 2.40. The summed E-state index contributed by atoms with van der Waals surface area (Å²) < 4.78 is 38.8. The fourth-order valence-corrected chi connectivity index (χ4v) is 5.97. The maximum Gasteiger partial charge on any atom is 0.239 e. The summed E-state index contributed by atoms with van der Waals surface area (Å²) in [6, 6.07) is 5.14. The molecule has 0 amide bonds. The summed E-state index contributed by atoms with van der Waals surface area (Å²) in [5, 5.41) is 133. The van der Waals surface area contributed by atoms with Crippen LogP contribution in [0.3, 0.4) is 0 Å². The SMILES string of the molecule is O=c1c(O[C@H]2O[C@H](CO[C@H]3OC[C@H](O)[C@@H](O)[C@H]3O)[C@H](O)[C@@H](O)[C@H]2O)c(-c2ccc(O)c(O)c2)oc2cc(O[C@H]3O[C@H](CO)[C@H](O)[C@@H](O)[C@H]3O)cc(O)c12. The van der Waals surface area contributed by atoms with E-state index in [0.29, 0.717) is 0 Å². The Labute approximate surface area is 296 Å². The van der Waals surface area contributed by atoms with Gasteiger partial charge in [0.05, 0.1) is 19.8 Å². The average molecular weight is 759 g/mol. The van der Waals surface area contributed by atoms with Gasteiger partial charge in [0.1, 0.15) is 89.6 Å². The van der Waals surface area contributed by atoms with E-state index in [0.717, 1.165) is 24.3 Å². The Kier molecular flexibility index (Phi) is 11.3. The maximum atomic E-state index is 14.0. The molecule has 0 saturated carbocycles. The highest BCUT2D eigenvalue weighted by molar-refractivity contribution is 5.88. The lowest BCUT2D eigenvalue weighted by Crippen LogP contribution is -2.61. The first-order valence-corrected chi connectivity index (χ1v) is 16.1. The van der Waals surface area contributed by atoms with Crippen LogP contribution >= 0.6 is 0 Å². The van der Waals surface area contributed by atoms with Crippen LogP contribution in [0.4, 0.5) is 0 Å². The van der Waals surface area contributed by atoms with Gasteiger partial charge in [0.15, 0.2) is 23.5 Å². The summed E-state index contributed by atoms with van der Waals surface area (Å²) in [6.45, 7) is -1.82. The van der Waals surface area contributed by atoms with Crippen molar-refractivity contribution in [2.45, 2.75) is 86.0 Å². The number of aliphatic hydroxyl groups excluding tert-OH is 10. The van der Waals surface area contributed by atoms with E-state index >= 15 is 0 Å². The van der Waals surface area contributed by atoms with Gasteiger partial charge in [-0.15, -0.1) is 0 Å². The van der Waals surface area contributed by atoms with Crippen molar-refractivity contribution >= 4 is 11.0 Å². The van der Waals surface area contributed by atoms with Gasteiger partial charge in [-0.05, 0) is 18.2 Å². The monoisotopic (exact) mass is 758 g/mol. The average Bonchev–Trinajstić information content (AvgIpc) is 3.13. The fourth-order valence-electron chi connectivity index (χ4n) is 5.97. The van der Waals surface area contributed by atoms with E-state index in [9.17, 15) is 71.2 Å². The number of phenols is 3. The fraction of sp³-hybridized carbons (Fsp3) is 0.531. The van der Waals surface area contributed by atoms with Gasteiger partial charge < -0.3 is 99.2 Å². The van der Waals surface area contributed by atoms with Crippen molar-refractivity contribution in [1.29, 1.82) is 0 Å². The molecule has 0 spiro atoms. The second kappa shape index (κ2) is 15.4. The van der Waals surface area contributed by atoms with Gasteiger partial charge in [0.25, 0.3) is 0 Å². The second-order valence-electron chi connectivity index (χ2n) is 12.6. The molecule has 292 valence electrons. The lowest BCUT2D eigenvalue weighted by Gasteiger charge is -2.41. The van der Waals surface area contributed by atoms with E-state index in [4.69, 9.17) is 32.8 Å². The third-order valence-corrected chi connectivity index (χ3v) is 9.03. The highest BCUT2D eigenvalue weighted by Gasteiger charge is 2.48. The normalized spacial score (nSPS) is 36.3. The van der Waals surface area contributed by atoms with Crippen molar-refractivity contribution < 1.29 is 99.2 Å². The number of hydrogen-bond acceptors (Lipinski definition) is 21. The molecule has 3 saturated heterocycles. The molecule has 13 N–H and O–H groups in total. The van der Waals surface area contributed by atoms with Crippen molar-refractivity contribution in [3.05, 3.63) is 40.6 Å². The lowest BCUT2D eigenvalue weighted by molar-refractivity contribution is -0.307. The zero-order valence-corrected chi connectivity index (χ0v) is 27.2. The van der Waals surface area contributed by atoms with E-state index in [2.05, 4.69) is 0 Å². The van der Waals surface area contributed by atoms with Crippen LogP contribution in [0.15, 0.2) is 39.5 Å². The van der Waals surface area contributed by atoms with Crippen molar-refractivity contribution in [3.63, 3.8) is 0 Å². The molecular weight excluding hydrogens is 720 g/mol. The number of aliphatic hydroxyl groups is 10. The molecule has 3 aromatic rings. The zero-order chi connectivity index (χ0) is 38.5. The van der Waals surface area contributed by atoms with E-state index in [-0.39, 0.29) is 11.3 Å². The van der Waals surface area contributed by atoms with Gasteiger partial charge in [-0.25, -0.2) is 0 Å². The summed E-state index contributed by atoms with van der Waals surface area (Å²) in [5.74, 6) is -3.63. The highest BCUT2D eigenvalue weighted by atomic mass is 16.7. The van der Waals surface area contributed by atoms with Gasteiger partial charge in [0.2, 0.25) is 23.8 Å². The predicted octanol–water partition coefficient (Wildman–Crippen LogP) is -4.60. The summed E-state index contributed by atoms with van der Waals surface area (Å²) in [5.41, 5.74) is -1.65. The Bertz CT molecular complexity index is 1820. The van der Waals surface area contributed by atoms with Crippen LogP contribution in [-0.4, -0.2) is 172 Å². The minimum atomic E-state index is -2.05. The molecule has 53 heavy (non-hydrogen) atoms. The standard InChI is InChI=1S/C32H38O21/c33-6-16-20(39)23(42)26(45)31(51-16)49-10-4-13(36)18-15(5-10)50-28(9-1-2-11(34)12(35)3-9)29(22(18)41)53-32-27(46)24(43)21(40)17(52-32)8-48-30-25(44)19(38)14(37)7-47-30/h1-5,14,16-17,19-21,23-27,30-40,42-46H,6-8H2/t14-,16+,17+,19+,20-,21-,23+,24+,25+,26+,27+,30+,31-,32+/m0/s1. The summed E-state index contributed by atoms with van der Waals surface area (Å²) in [6.07, 6.45) is -24.0. The van der Waals surface area contributed by atoms with Crippen molar-refractivity contribution in [2.75, 3.05) is 19.8 Å². The Hall–Kier alpha value is -3.91. The predicted molar refractivity (Wildman–Crippen MR) is 168 cm³/mol.